The number of rotatable bonds is 5. The predicted molar refractivity (Wildman–Crippen MR) is 138 cm³/mol. The molecule has 0 spiro atoms. The van der Waals surface area contributed by atoms with Crippen LogP contribution in [-0.2, 0) is 17.4 Å². The Hall–Kier alpha value is -2.34. The Bertz CT molecular complexity index is 1100. The second-order valence-electron chi connectivity index (χ2n) is 10.9. The van der Waals surface area contributed by atoms with Gasteiger partial charge >= 0.3 is 0 Å². The Morgan fingerprint density at radius 3 is 2.55 bits per heavy atom. The van der Waals surface area contributed by atoms with Gasteiger partial charge in [0.05, 0.1) is 19.3 Å². The van der Waals surface area contributed by atoms with E-state index in [0.29, 0.717) is 24.6 Å². The van der Waals surface area contributed by atoms with Gasteiger partial charge in [0.2, 0.25) is 0 Å². The van der Waals surface area contributed by atoms with Crippen LogP contribution in [0.5, 0.6) is 11.5 Å². The zero-order chi connectivity index (χ0) is 23.4. The average molecular weight is 515 g/mol. The molecule has 0 aromatic heterocycles. The SMILES string of the molecule is Br.CC(C)Oc1ccc2c(c1)C(=N)N(CC(=O)c1cc(C(C)(C)C)c3c(c1)C(C)(C)CO3)C2. The molecular weight excluding hydrogens is 480 g/mol. The third-order valence-electron chi connectivity index (χ3n) is 6.25. The fraction of sp³-hybridized carbons (Fsp3) is 0.481. The molecule has 5 nitrogen and oxygen atoms in total. The maximum absolute atomic E-state index is 13.4. The van der Waals surface area contributed by atoms with Crippen molar-refractivity contribution in [1.29, 1.82) is 5.41 Å². The van der Waals surface area contributed by atoms with Crippen molar-refractivity contribution >= 4 is 28.6 Å². The molecule has 2 heterocycles. The highest BCUT2D eigenvalue weighted by Gasteiger charge is 2.37. The van der Waals surface area contributed by atoms with Gasteiger partial charge in [-0.3, -0.25) is 10.2 Å². The highest BCUT2D eigenvalue weighted by Crippen LogP contribution is 2.45. The Labute approximate surface area is 207 Å². The van der Waals surface area contributed by atoms with Crippen molar-refractivity contribution in [3.05, 3.63) is 58.1 Å². The third kappa shape index (κ3) is 4.81. The molecule has 0 aliphatic carbocycles. The third-order valence-corrected chi connectivity index (χ3v) is 6.25. The molecule has 1 N–H and O–H groups in total. The predicted octanol–water partition coefficient (Wildman–Crippen LogP) is 6.04. The van der Waals surface area contributed by atoms with E-state index < -0.39 is 0 Å². The quantitative estimate of drug-likeness (QED) is 0.493. The lowest BCUT2D eigenvalue weighted by Gasteiger charge is -2.24. The van der Waals surface area contributed by atoms with Crippen LogP contribution < -0.4 is 9.47 Å². The molecule has 4 rings (SSSR count). The molecule has 0 saturated heterocycles. The highest BCUT2D eigenvalue weighted by atomic mass is 79.9. The van der Waals surface area contributed by atoms with Crippen molar-refractivity contribution in [2.24, 2.45) is 0 Å². The van der Waals surface area contributed by atoms with E-state index in [-0.39, 0.29) is 46.2 Å². The van der Waals surface area contributed by atoms with E-state index in [4.69, 9.17) is 14.9 Å². The zero-order valence-electron chi connectivity index (χ0n) is 20.7. The number of benzene rings is 2. The van der Waals surface area contributed by atoms with Crippen LogP contribution in [0.25, 0.3) is 0 Å². The lowest BCUT2D eigenvalue weighted by Crippen LogP contribution is -2.30. The first-order chi connectivity index (χ1) is 14.9. The molecule has 0 unspecified atom stereocenters. The number of nitrogens with one attached hydrogen (secondary N) is 1. The van der Waals surface area contributed by atoms with E-state index in [1.54, 1.807) is 0 Å². The fourth-order valence-corrected chi connectivity index (χ4v) is 4.45. The van der Waals surface area contributed by atoms with E-state index in [9.17, 15) is 4.79 Å². The van der Waals surface area contributed by atoms with Crippen LogP contribution in [0.4, 0.5) is 0 Å². The summed E-state index contributed by atoms with van der Waals surface area (Å²) >= 11 is 0. The largest absolute Gasteiger partial charge is 0.492 e. The van der Waals surface area contributed by atoms with Gasteiger partial charge in [-0.05, 0) is 49.1 Å². The number of amidine groups is 1. The van der Waals surface area contributed by atoms with Crippen LogP contribution in [0.1, 0.15) is 81.1 Å². The number of halogens is 1. The number of fused-ring (bicyclic) bond motifs is 2. The second-order valence-corrected chi connectivity index (χ2v) is 10.9. The molecule has 33 heavy (non-hydrogen) atoms. The molecule has 2 aliphatic rings. The lowest BCUT2D eigenvalue weighted by molar-refractivity contribution is 0.0962. The van der Waals surface area contributed by atoms with E-state index in [1.807, 2.05) is 49.1 Å². The number of nitrogens with zero attached hydrogens (tertiary/aromatic N) is 1. The van der Waals surface area contributed by atoms with Gasteiger partial charge in [0.1, 0.15) is 17.3 Å². The summed E-state index contributed by atoms with van der Waals surface area (Å²) in [6.45, 7) is 16.1. The molecule has 0 amide bonds. The van der Waals surface area contributed by atoms with Crippen molar-refractivity contribution < 1.29 is 14.3 Å². The van der Waals surface area contributed by atoms with Gasteiger partial charge in [-0.1, -0.05) is 40.7 Å². The van der Waals surface area contributed by atoms with Crippen molar-refractivity contribution in [2.45, 2.75) is 71.9 Å². The van der Waals surface area contributed by atoms with Crippen LogP contribution in [0.2, 0.25) is 0 Å². The smallest absolute Gasteiger partial charge is 0.182 e. The van der Waals surface area contributed by atoms with E-state index in [1.165, 1.54) is 0 Å². The van der Waals surface area contributed by atoms with Crippen molar-refractivity contribution in [3.8, 4) is 11.5 Å². The maximum Gasteiger partial charge on any atom is 0.182 e. The molecule has 2 aromatic carbocycles. The summed E-state index contributed by atoms with van der Waals surface area (Å²) in [4.78, 5) is 15.2. The van der Waals surface area contributed by atoms with Crippen molar-refractivity contribution in [3.63, 3.8) is 0 Å². The summed E-state index contributed by atoms with van der Waals surface area (Å²) in [6.07, 6.45) is 0.0753. The maximum atomic E-state index is 13.4. The van der Waals surface area contributed by atoms with Crippen LogP contribution in [0, 0.1) is 5.41 Å². The summed E-state index contributed by atoms with van der Waals surface area (Å²) < 4.78 is 11.9. The first-order valence-corrected chi connectivity index (χ1v) is 11.4. The number of Topliss-reactive ketones (excluding diaryl/α,β-unsaturated/α-hetero) is 1. The van der Waals surface area contributed by atoms with Gasteiger partial charge in [0, 0.05) is 34.2 Å². The summed E-state index contributed by atoms with van der Waals surface area (Å²) in [5, 5.41) is 8.65. The first kappa shape index (κ1) is 25.3. The van der Waals surface area contributed by atoms with Gasteiger partial charge in [0.15, 0.2) is 5.78 Å². The van der Waals surface area contributed by atoms with Crippen molar-refractivity contribution in [1.82, 2.24) is 4.90 Å². The fourth-order valence-electron chi connectivity index (χ4n) is 4.45. The molecular formula is C27H35BrN2O3. The van der Waals surface area contributed by atoms with Crippen LogP contribution in [-0.4, -0.2) is 35.8 Å². The summed E-state index contributed by atoms with van der Waals surface area (Å²) in [6, 6.07) is 9.84. The van der Waals surface area contributed by atoms with Gasteiger partial charge in [-0.25, -0.2) is 0 Å². The zero-order valence-corrected chi connectivity index (χ0v) is 22.4. The average Bonchev–Trinajstić information content (AvgIpc) is 3.16. The molecule has 178 valence electrons. The van der Waals surface area contributed by atoms with Gasteiger partial charge in [-0.2, -0.15) is 0 Å². The molecule has 0 fully saturated rings. The number of carbonyl (C=O) groups is 1. The number of hydrogen-bond donors (Lipinski definition) is 1. The number of carbonyl (C=O) groups excluding carboxylic acids is 1. The minimum atomic E-state index is -0.135. The van der Waals surface area contributed by atoms with Crippen LogP contribution >= 0.6 is 17.0 Å². The Balaban J connectivity index is 0.00000306. The minimum absolute atomic E-state index is 0. The Morgan fingerprint density at radius 1 is 1.21 bits per heavy atom. The number of ether oxygens (including phenoxy) is 2. The molecule has 2 aliphatic heterocycles. The monoisotopic (exact) mass is 514 g/mol. The summed E-state index contributed by atoms with van der Waals surface area (Å²) in [7, 11) is 0. The van der Waals surface area contributed by atoms with E-state index >= 15 is 0 Å². The minimum Gasteiger partial charge on any atom is -0.492 e. The van der Waals surface area contributed by atoms with Crippen LogP contribution in [0.3, 0.4) is 0 Å². The molecule has 0 atom stereocenters. The van der Waals surface area contributed by atoms with Crippen LogP contribution in [0.15, 0.2) is 30.3 Å². The normalized spacial score (nSPS) is 16.2. The molecule has 2 aromatic rings. The molecule has 0 saturated carbocycles. The van der Waals surface area contributed by atoms with E-state index in [2.05, 4.69) is 34.6 Å². The highest BCUT2D eigenvalue weighted by molar-refractivity contribution is 8.93. The topological polar surface area (TPSA) is 62.6 Å². The lowest BCUT2D eigenvalue weighted by atomic mass is 9.79. The van der Waals surface area contributed by atoms with Crippen molar-refractivity contribution in [2.75, 3.05) is 13.2 Å². The first-order valence-electron chi connectivity index (χ1n) is 11.4. The Morgan fingerprint density at radius 2 is 1.91 bits per heavy atom. The standard InChI is InChI=1S/C27H34N2O3.BrH/c1-16(2)32-19-9-8-17-13-29(25(28)20(17)12-19)14-23(30)18-10-21(26(3,4)5)24-22(11-18)27(6,7)15-31-24;/h8-12,16,28H,13-15H2,1-7H3;1H. The summed E-state index contributed by atoms with van der Waals surface area (Å²) in [5.74, 6) is 2.09. The number of ketones is 1. The van der Waals surface area contributed by atoms with E-state index in [0.717, 1.165) is 33.8 Å². The molecule has 0 radical (unpaired) electrons. The molecule has 6 heteroatoms. The Kier molecular flexibility index (Phi) is 6.73. The number of hydrogen-bond acceptors (Lipinski definition) is 4. The van der Waals surface area contributed by atoms with Gasteiger partial charge in [0.25, 0.3) is 0 Å². The van der Waals surface area contributed by atoms with Gasteiger partial charge < -0.3 is 14.4 Å². The van der Waals surface area contributed by atoms with Gasteiger partial charge in [-0.15, -0.1) is 17.0 Å². The molecule has 0 bridgehead atoms. The second kappa shape index (κ2) is 8.79. The summed E-state index contributed by atoms with van der Waals surface area (Å²) in [5.41, 5.74) is 4.49.